The van der Waals surface area contributed by atoms with Crippen LogP contribution in [0.25, 0.3) is 0 Å². The fourth-order valence-electron chi connectivity index (χ4n) is 2.46. The van der Waals surface area contributed by atoms with E-state index in [1.807, 2.05) is 0 Å². The number of nitrogens with zero attached hydrogens (tertiary/aromatic N) is 1. The lowest BCUT2D eigenvalue weighted by Crippen LogP contribution is -2.49. The molecule has 0 aromatic heterocycles. The minimum atomic E-state index is -4.06. The van der Waals surface area contributed by atoms with Gasteiger partial charge in [0.05, 0.1) is 6.04 Å². The Morgan fingerprint density at radius 2 is 1.94 bits per heavy atom. The Hall–Kier alpha value is -0.700. The van der Waals surface area contributed by atoms with Gasteiger partial charge in [-0.3, -0.25) is 9.35 Å². The lowest BCUT2D eigenvalue weighted by molar-refractivity contribution is -0.134. The highest BCUT2D eigenvalue weighted by molar-refractivity contribution is 7.86. The van der Waals surface area contributed by atoms with E-state index in [1.165, 1.54) is 0 Å². The fourth-order valence-corrected chi connectivity index (χ4v) is 3.20. The SMILES string of the molecule is NC1CCN(C(=O)[C@@H]2C[C@@H](S(=O)(=O)O)CN2)CC1. The van der Waals surface area contributed by atoms with Crippen molar-refractivity contribution in [3.63, 3.8) is 0 Å². The van der Waals surface area contributed by atoms with Crippen molar-refractivity contribution in [3.05, 3.63) is 0 Å². The first-order valence-corrected chi connectivity index (χ1v) is 7.62. The summed E-state index contributed by atoms with van der Waals surface area (Å²) in [5.74, 6) is -0.0898. The number of nitrogens with two attached hydrogens (primary N) is 1. The summed E-state index contributed by atoms with van der Waals surface area (Å²) in [7, 11) is -4.06. The first kappa shape index (κ1) is 13.7. The van der Waals surface area contributed by atoms with E-state index in [0.717, 1.165) is 12.8 Å². The van der Waals surface area contributed by atoms with Crippen molar-refractivity contribution < 1.29 is 17.8 Å². The average molecular weight is 277 g/mol. The first-order chi connectivity index (χ1) is 8.38. The van der Waals surface area contributed by atoms with E-state index in [-0.39, 0.29) is 24.9 Å². The van der Waals surface area contributed by atoms with E-state index in [4.69, 9.17) is 10.3 Å². The molecule has 2 rings (SSSR count). The lowest BCUT2D eigenvalue weighted by Gasteiger charge is -2.32. The van der Waals surface area contributed by atoms with Gasteiger partial charge in [-0.25, -0.2) is 0 Å². The molecule has 0 aromatic rings. The summed E-state index contributed by atoms with van der Waals surface area (Å²) in [6.07, 6.45) is 1.70. The van der Waals surface area contributed by atoms with Crippen LogP contribution in [0.4, 0.5) is 0 Å². The molecule has 2 aliphatic rings. The quantitative estimate of drug-likeness (QED) is 0.533. The van der Waals surface area contributed by atoms with Gasteiger partial charge in [0.1, 0.15) is 5.25 Å². The topological polar surface area (TPSA) is 113 Å². The van der Waals surface area contributed by atoms with E-state index in [0.29, 0.717) is 13.1 Å². The number of likely N-dealkylation sites (tertiary alicyclic amines) is 1. The van der Waals surface area contributed by atoms with Crippen LogP contribution in [-0.4, -0.2) is 60.7 Å². The van der Waals surface area contributed by atoms with Crippen molar-refractivity contribution in [3.8, 4) is 0 Å². The molecule has 2 aliphatic heterocycles. The molecule has 7 nitrogen and oxygen atoms in total. The molecule has 8 heteroatoms. The Bertz CT molecular complexity index is 417. The lowest BCUT2D eigenvalue weighted by atomic mass is 10.0. The third-order valence-corrected chi connectivity index (χ3v) is 4.86. The van der Waals surface area contributed by atoms with Crippen molar-refractivity contribution in [2.45, 2.75) is 36.6 Å². The number of hydrogen-bond acceptors (Lipinski definition) is 5. The monoisotopic (exact) mass is 277 g/mol. The Balaban J connectivity index is 1.91. The fraction of sp³-hybridized carbons (Fsp3) is 0.900. The zero-order valence-corrected chi connectivity index (χ0v) is 10.9. The average Bonchev–Trinajstić information content (AvgIpc) is 2.78. The van der Waals surface area contributed by atoms with Gasteiger partial charge in [0.15, 0.2) is 0 Å². The maximum absolute atomic E-state index is 12.1. The summed E-state index contributed by atoms with van der Waals surface area (Å²) in [5, 5.41) is 1.98. The highest BCUT2D eigenvalue weighted by Crippen LogP contribution is 2.18. The van der Waals surface area contributed by atoms with E-state index < -0.39 is 21.4 Å². The van der Waals surface area contributed by atoms with E-state index in [2.05, 4.69) is 5.32 Å². The third-order valence-electron chi connectivity index (χ3n) is 3.66. The normalized spacial score (nSPS) is 30.7. The molecular weight excluding hydrogens is 258 g/mol. The van der Waals surface area contributed by atoms with Crippen LogP contribution in [-0.2, 0) is 14.9 Å². The molecule has 0 aliphatic carbocycles. The second kappa shape index (κ2) is 5.12. The van der Waals surface area contributed by atoms with Crippen molar-refractivity contribution in [2.75, 3.05) is 19.6 Å². The van der Waals surface area contributed by atoms with Gasteiger partial charge in [0, 0.05) is 25.7 Å². The molecular formula is C10H19N3O4S. The predicted molar refractivity (Wildman–Crippen MR) is 65.5 cm³/mol. The van der Waals surface area contributed by atoms with Gasteiger partial charge < -0.3 is 16.0 Å². The smallest absolute Gasteiger partial charge is 0.269 e. The van der Waals surface area contributed by atoms with E-state index in [9.17, 15) is 13.2 Å². The number of amides is 1. The van der Waals surface area contributed by atoms with Gasteiger partial charge in [-0.2, -0.15) is 8.42 Å². The molecule has 4 N–H and O–H groups in total. The zero-order chi connectivity index (χ0) is 13.3. The number of carbonyl (C=O) groups excluding carboxylic acids is 1. The largest absolute Gasteiger partial charge is 0.341 e. The Morgan fingerprint density at radius 3 is 2.44 bits per heavy atom. The number of rotatable bonds is 2. The van der Waals surface area contributed by atoms with Crippen molar-refractivity contribution in [2.24, 2.45) is 5.73 Å². The van der Waals surface area contributed by atoms with Gasteiger partial charge in [-0.1, -0.05) is 0 Å². The molecule has 104 valence electrons. The Labute approximate surface area is 106 Å². The Morgan fingerprint density at radius 1 is 1.33 bits per heavy atom. The van der Waals surface area contributed by atoms with Crippen LogP contribution in [0.3, 0.4) is 0 Å². The van der Waals surface area contributed by atoms with Gasteiger partial charge in [0.25, 0.3) is 10.1 Å². The number of carbonyl (C=O) groups is 1. The van der Waals surface area contributed by atoms with Crippen LogP contribution in [0.2, 0.25) is 0 Å². The second-order valence-electron chi connectivity index (χ2n) is 5.00. The molecule has 0 radical (unpaired) electrons. The summed E-state index contributed by atoms with van der Waals surface area (Å²) >= 11 is 0. The summed E-state index contributed by atoms with van der Waals surface area (Å²) in [5.41, 5.74) is 5.76. The van der Waals surface area contributed by atoms with Crippen molar-refractivity contribution >= 4 is 16.0 Å². The molecule has 0 saturated carbocycles. The molecule has 1 amide bonds. The van der Waals surface area contributed by atoms with Crippen molar-refractivity contribution in [1.29, 1.82) is 0 Å². The number of piperidine rings is 1. The standard InChI is InChI=1S/C10H19N3O4S/c11-7-1-3-13(4-2-7)10(14)9-5-8(6-12-9)18(15,16)17/h7-9,12H,1-6,11H2,(H,15,16,17)/t8-,9+/m1/s1. The molecule has 0 aromatic carbocycles. The van der Waals surface area contributed by atoms with Crippen LogP contribution in [0, 0.1) is 0 Å². The minimum Gasteiger partial charge on any atom is -0.341 e. The van der Waals surface area contributed by atoms with E-state index >= 15 is 0 Å². The van der Waals surface area contributed by atoms with Gasteiger partial charge in [0.2, 0.25) is 5.91 Å². The number of nitrogens with one attached hydrogen (secondary N) is 1. The van der Waals surface area contributed by atoms with Gasteiger partial charge in [-0.15, -0.1) is 0 Å². The second-order valence-corrected chi connectivity index (χ2v) is 6.69. The molecule has 2 fully saturated rings. The Kier molecular flexibility index (Phi) is 3.90. The first-order valence-electron chi connectivity index (χ1n) is 6.12. The highest BCUT2D eigenvalue weighted by atomic mass is 32.2. The van der Waals surface area contributed by atoms with Crippen molar-refractivity contribution in [1.82, 2.24) is 10.2 Å². The van der Waals surface area contributed by atoms with Gasteiger partial charge in [-0.05, 0) is 19.3 Å². The summed E-state index contributed by atoms with van der Waals surface area (Å²) in [4.78, 5) is 13.8. The maximum atomic E-state index is 12.1. The van der Waals surface area contributed by atoms with Gasteiger partial charge >= 0.3 is 0 Å². The highest BCUT2D eigenvalue weighted by Gasteiger charge is 2.38. The minimum absolute atomic E-state index is 0.0898. The van der Waals surface area contributed by atoms with Crippen LogP contribution in [0.15, 0.2) is 0 Å². The van der Waals surface area contributed by atoms with Crippen LogP contribution in [0.5, 0.6) is 0 Å². The molecule has 0 bridgehead atoms. The van der Waals surface area contributed by atoms with Crippen LogP contribution < -0.4 is 11.1 Å². The third kappa shape index (κ3) is 3.00. The molecule has 18 heavy (non-hydrogen) atoms. The summed E-state index contributed by atoms with van der Waals surface area (Å²) in [6.45, 7) is 1.37. The molecule has 2 heterocycles. The van der Waals surface area contributed by atoms with E-state index in [1.54, 1.807) is 4.90 Å². The molecule has 2 atom stereocenters. The molecule has 0 spiro atoms. The molecule has 0 unspecified atom stereocenters. The zero-order valence-electron chi connectivity index (χ0n) is 10.1. The predicted octanol–water partition coefficient (Wildman–Crippen LogP) is -1.45. The maximum Gasteiger partial charge on any atom is 0.269 e. The van der Waals surface area contributed by atoms with Crippen LogP contribution >= 0.6 is 0 Å². The summed E-state index contributed by atoms with van der Waals surface area (Å²) in [6, 6.07) is -0.359. The summed E-state index contributed by atoms with van der Waals surface area (Å²) < 4.78 is 30.9. The number of hydrogen-bond donors (Lipinski definition) is 3. The van der Waals surface area contributed by atoms with Crippen LogP contribution in [0.1, 0.15) is 19.3 Å². The molecule has 2 saturated heterocycles.